The van der Waals surface area contributed by atoms with Crippen molar-refractivity contribution in [2.24, 2.45) is 5.84 Å². The van der Waals surface area contributed by atoms with Gasteiger partial charge in [-0.3, -0.25) is 10.6 Å². The number of hydrogen-bond donors (Lipinski definition) is 3. The number of nitrogen functional groups attached to an aromatic ring is 1. The average molecular weight is 205 g/mol. The first-order chi connectivity index (χ1) is 7.24. The Kier molecular flexibility index (Phi) is 4.37. The minimum atomic E-state index is -0.0371. The minimum absolute atomic E-state index is 0.0371. The number of hydrazine groups is 1. The Morgan fingerprint density at radius 2 is 2.20 bits per heavy atom. The predicted molar refractivity (Wildman–Crippen MR) is 62.0 cm³/mol. The van der Waals surface area contributed by atoms with Crippen LogP contribution in [0.3, 0.4) is 0 Å². The molecule has 4 heteroatoms. The van der Waals surface area contributed by atoms with E-state index in [0.717, 1.165) is 11.3 Å². The first kappa shape index (κ1) is 11.3. The number of carbonyl (C=O) groups excluding carboxylic acids is 1. The summed E-state index contributed by atoms with van der Waals surface area (Å²) in [5, 5.41) is 2.68. The van der Waals surface area contributed by atoms with Crippen LogP contribution in [-0.4, -0.2) is 12.5 Å². The third-order valence-electron chi connectivity index (χ3n) is 1.88. The molecular weight excluding hydrogens is 190 g/mol. The van der Waals surface area contributed by atoms with Gasteiger partial charge >= 0.3 is 0 Å². The number of para-hydroxylation sites is 1. The van der Waals surface area contributed by atoms with Gasteiger partial charge in [0.15, 0.2) is 0 Å². The summed E-state index contributed by atoms with van der Waals surface area (Å²) in [6.45, 7) is 2.01. The first-order valence-corrected chi connectivity index (χ1v) is 4.70. The lowest BCUT2D eigenvalue weighted by Gasteiger charge is -2.03. The number of nitrogens with one attached hydrogen (secondary N) is 2. The van der Waals surface area contributed by atoms with Gasteiger partial charge in [-0.05, 0) is 11.6 Å². The van der Waals surface area contributed by atoms with Crippen LogP contribution in [0.15, 0.2) is 30.3 Å². The highest BCUT2D eigenvalue weighted by Gasteiger charge is 1.94. The van der Waals surface area contributed by atoms with Gasteiger partial charge in [-0.1, -0.05) is 30.4 Å². The van der Waals surface area contributed by atoms with Gasteiger partial charge in [-0.2, -0.15) is 0 Å². The first-order valence-electron chi connectivity index (χ1n) is 4.70. The summed E-state index contributed by atoms with van der Waals surface area (Å²) >= 11 is 0. The molecule has 0 atom stereocenters. The average Bonchev–Trinajstić information content (AvgIpc) is 2.24. The van der Waals surface area contributed by atoms with Gasteiger partial charge in [0.2, 0.25) is 5.91 Å². The van der Waals surface area contributed by atoms with Crippen LogP contribution in [0.1, 0.15) is 12.5 Å². The number of rotatable bonds is 4. The third-order valence-corrected chi connectivity index (χ3v) is 1.88. The summed E-state index contributed by atoms with van der Waals surface area (Å²) in [6.07, 6.45) is 3.78. The molecule has 0 aliphatic heterocycles. The molecule has 0 fully saturated rings. The lowest BCUT2D eigenvalue weighted by atomic mass is 10.1. The van der Waals surface area contributed by atoms with E-state index >= 15 is 0 Å². The predicted octanol–water partition coefficient (Wildman–Crippen LogP) is 1.12. The van der Waals surface area contributed by atoms with Crippen LogP contribution in [-0.2, 0) is 4.79 Å². The largest absolute Gasteiger partial charge is 0.353 e. The van der Waals surface area contributed by atoms with Gasteiger partial charge < -0.3 is 10.7 Å². The standard InChI is InChI=1S/C11H15N3O/c1-9(15)13-8-4-6-10-5-2-3-7-11(10)14-12/h2-7,14H,8,12H2,1H3,(H,13,15). The Hall–Kier alpha value is -1.81. The van der Waals surface area contributed by atoms with Gasteiger partial charge in [0.05, 0.1) is 5.69 Å². The fraction of sp³-hybridized carbons (Fsp3) is 0.182. The van der Waals surface area contributed by atoms with Gasteiger partial charge in [0, 0.05) is 13.5 Å². The van der Waals surface area contributed by atoms with Crippen molar-refractivity contribution in [3.05, 3.63) is 35.9 Å². The number of anilines is 1. The van der Waals surface area contributed by atoms with Gasteiger partial charge in [0.1, 0.15) is 0 Å². The fourth-order valence-corrected chi connectivity index (χ4v) is 1.16. The second kappa shape index (κ2) is 5.82. The molecule has 15 heavy (non-hydrogen) atoms. The SMILES string of the molecule is CC(=O)NCC=Cc1ccccc1NN. The van der Waals surface area contributed by atoms with Crippen molar-refractivity contribution in [2.75, 3.05) is 12.0 Å². The van der Waals surface area contributed by atoms with E-state index < -0.39 is 0 Å². The maximum absolute atomic E-state index is 10.6. The maximum atomic E-state index is 10.6. The van der Waals surface area contributed by atoms with Crippen LogP contribution >= 0.6 is 0 Å². The third kappa shape index (κ3) is 3.83. The molecule has 4 nitrogen and oxygen atoms in total. The van der Waals surface area contributed by atoms with E-state index in [0.29, 0.717) is 6.54 Å². The van der Waals surface area contributed by atoms with Crippen LogP contribution in [0.4, 0.5) is 5.69 Å². The molecule has 0 bridgehead atoms. The maximum Gasteiger partial charge on any atom is 0.217 e. The number of amides is 1. The quantitative estimate of drug-likeness (QED) is 0.509. The molecule has 80 valence electrons. The summed E-state index contributed by atoms with van der Waals surface area (Å²) < 4.78 is 0. The zero-order valence-electron chi connectivity index (χ0n) is 8.66. The van der Waals surface area contributed by atoms with E-state index in [-0.39, 0.29) is 5.91 Å². The molecule has 1 amide bonds. The van der Waals surface area contributed by atoms with Crippen LogP contribution in [0, 0.1) is 0 Å². The van der Waals surface area contributed by atoms with E-state index in [1.807, 2.05) is 36.4 Å². The molecule has 0 saturated carbocycles. The van der Waals surface area contributed by atoms with Gasteiger partial charge in [-0.25, -0.2) is 0 Å². The van der Waals surface area contributed by atoms with E-state index in [1.54, 1.807) is 0 Å². The lowest BCUT2D eigenvalue weighted by Crippen LogP contribution is -2.19. The normalized spacial score (nSPS) is 10.3. The molecule has 1 aromatic carbocycles. The Labute approximate surface area is 89.1 Å². The van der Waals surface area contributed by atoms with Crippen molar-refractivity contribution in [1.82, 2.24) is 5.32 Å². The Bertz CT molecular complexity index is 361. The van der Waals surface area contributed by atoms with Gasteiger partial charge in [-0.15, -0.1) is 0 Å². The minimum Gasteiger partial charge on any atom is -0.353 e. The zero-order chi connectivity index (χ0) is 11.1. The molecule has 0 spiro atoms. The molecule has 4 N–H and O–H groups in total. The molecule has 0 aliphatic carbocycles. The zero-order valence-corrected chi connectivity index (χ0v) is 8.66. The highest BCUT2D eigenvalue weighted by atomic mass is 16.1. The topological polar surface area (TPSA) is 67.2 Å². The smallest absolute Gasteiger partial charge is 0.217 e. The van der Waals surface area contributed by atoms with Crippen molar-refractivity contribution < 1.29 is 4.79 Å². The van der Waals surface area contributed by atoms with E-state index in [4.69, 9.17) is 5.84 Å². The van der Waals surface area contributed by atoms with Crippen LogP contribution < -0.4 is 16.6 Å². The number of benzene rings is 1. The molecule has 1 aromatic rings. The summed E-state index contributed by atoms with van der Waals surface area (Å²) in [7, 11) is 0. The monoisotopic (exact) mass is 205 g/mol. The molecule has 0 aliphatic rings. The van der Waals surface area contributed by atoms with Crippen LogP contribution in [0.2, 0.25) is 0 Å². The molecule has 0 saturated heterocycles. The number of carbonyl (C=O) groups is 1. The molecular formula is C11H15N3O. The highest BCUT2D eigenvalue weighted by molar-refractivity contribution is 5.73. The summed E-state index contributed by atoms with van der Waals surface area (Å²) in [4.78, 5) is 10.6. The lowest BCUT2D eigenvalue weighted by molar-refractivity contribution is -0.118. The second-order valence-electron chi connectivity index (χ2n) is 3.07. The molecule has 0 aromatic heterocycles. The highest BCUT2D eigenvalue weighted by Crippen LogP contribution is 2.14. The summed E-state index contributed by atoms with van der Waals surface area (Å²) in [6, 6.07) is 7.66. The Morgan fingerprint density at radius 3 is 2.87 bits per heavy atom. The van der Waals surface area contributed by atoms with Crippen LogP contribution in [0.5, 0.6) is 0 Å². The van der Waals surface area contributed by atoms with E-state index in [2.05, 4.69) is 10.7 Å². The van der Waals surface area contributed by atoms with E-state index in [9.17, 15) is 4.79 Å². The molecule has 0 unspecified atom stereocenters. The Morgan fingerprint density at radius 1 is 1.47 bits per heavy atom. The fourth-order valence-electron chi connectivity index (χ4n) is 1.16. The van der Waals surface area contributed by atoms with Crippen molar-refractivity contribution >= 4 is 17.7 Å². The van der Waals surface area contributed by atoms with E-state index in [1.165, 1.54) is 6.92 Å². The summed E-state index contributed by atoms with van der Waals surface area (Å²) in [5.41, 5.74) is 4.46. The summed E-state index contributed by atoms with van der Waals surface area (Å²) in [5.74, 6) is 5.31. The number of hydrogen-bond acceptors (Lipinski definition) is 3. The van der Waals surface area contributed by atoms with Crippen LogP contribution in [0.25, 0.3) is 6.08 Å². The molecule has 0 heterocycles. The molecule has 0 radical (unpaired) electrons. The second-order valence-corrected chi connectivity index (χ2v) is 3.07. The van der Waals surface area contributed by atoms with Crippen molar-refractivity contribution in [3.8, 4) is 0 Å². The van der Waals surface area contributed by atoms with Crippen molar-refractivity contribution in [3.63, 3.8) is 0 Å². The van der Waals surface area contributed by atoms with Crippen molar-refractivity contribution in [2.45, 2.75) is 6.92 Å². The Balaban J connectivity index is 2.59. The van der Waals surface area contributed by atoms with Gasteiger partial charge in [0.25, 0.3) is 0 Å². The number of nitrogens with two attached hydrogens (primary N) is 1. The van der Waals surface area contributed by atoms with Crippen molar-refractivity contribution in [1.29, 1.82) is 0 Å². The molecule has 1 rings (SSSR count).